The van der Waals surface area contributed by atoms with Crippen LogP contribution in [-0.2, 0) is 21.1 Å². The average molecular weight is 559 g/mol. The summed E-state index contributed by atoms with van der Waals surface area (Å²) < 4.78 is 24.0. The van der Waals surface area contributed by atoms with Crippen molar-refractivity contribution in [3.63, 3.8) is 0 Å². The molecule has 0 bridgehead atoms. The fourth-order valence-corrected chi connectivity index (χ4v) is 6.13. The molecule has 36 heavy (non-hydrogen) atoms. The minimum Gasteiger partial charge on any atom is -0.317 e. The van der Waals surface area contributed by atoms with Crippen molar-refractivity contribution in [2.45, 2.75) is 18.2 Å². The first-order chi connectivity index (χ1) is 17.2. The summed E-state index contributed by atoms with van der Waals surface area (Å²) in [6, 6.07) is 22.3. The smallest absolute Gasteiger partial charge is 0.229 e. The molecule has 0 aliphatic carbocycles. The van der Waals surface area contributed by atoms with Gasteiger partial charge in [-0.3, -0.25) is 9.59 Å². The lowest BCUT2D eigenvalue weighted by atomic mass is 10.0. The molecule has 0 atom stereocenters. The number of hydrogen-bond donors (Lipinski definition) is 1. The molecule has 184 valence electrons. The largest absolute Gasteiger partial charge is 0.317 e. The zero-order valence-corrected chi connectivity index (χ0v) is 22.3. The summed E-state index contributed by atoms with van der Waals surface area (Å²) in [5.74, 6) is -0.616. The number of hydrogen-bond acceptors (Lipinski definition) is 5. The Balaban J connectivity index is 1.61. The number of thiophene rings is 1. The predicted molar refractivity (Wildman–Crippen MR) is 146 cm³/mol. The van der Waals surface area contributed by atoms with Crippen molar-refractivity contribution in [1.29, 1.82) is 0 Å². The summed E-state index contributed by atoms with van der Waals surface area (Å²) in [4.78, 5) is 26.9. The number of sulfone groups is 1. The lowest BCUT2D eigenvalue weighted by Crippen LogP contribution is -2.13. The Morgan fingerprint density at radius 1 is 0.889 bits per heavy atom. The molecule has 1 amide bonds. The molecule has 1 aromatic heterocycles. The first-order valence-electron chi connectivity index (χ1n) is 11.0. The third-order valence-corrected chi connectivity index (χ3v) is 8.93. The molecule has 0 unspecified atom stereocenters. The SMILES string of the molecule is CCS(=O)(=O)c1ccc(CC(=O)Nc2cc(-c3ccccc3)c(C(=O)c3c(Cl)cccc3Cl)s2)cc1. The van der Waals surface area contributed by atoms with Gasteiger partial charge in [0.1, 0.15) is 0 Å². The Bertz CT molecular complexity index is 1510. The van der Waals surface area contributed by atoms with Gasteiger partial charge in [0, 0.05) is 5.56 Å². The lowest BCUT2D eigenvalue weighted by Gasteiger charge is -2.07. The van der Waals surface area contributed by atoms with Crippen LogP contribution < -0.4 is 5.32 Å². The van der Waals surface area contributed by atoms with Gasteiger partial charge in [-0.25, -0.2) is 8.42 Å². The summed E-state index contributed by atoms with van der Waals surface area (Å²) in [5, 5.41) is 3.85. The topological polar surface area (TPSA) is 80.3 Å². The number of carbonyl (C=O) groups excluding carboxylic acids is 2. The summed E-state index contributed by atoms with van der Waals surface area (Å²) in [6.45, 7) is 1.58. The first-order valence-corrected chi connectivity index (χ1v) is 14.2. The van der Waals surface area contributed by atoms with Crippen LogP contribution in [0.4, 0.5) is 5.00 Å². The van der Waals surface area contributed by atoms with Gasteiger partial charge in [0.15, 0.2) is 9.84 Å². The standard InChI is InChI=1S/C27H21Cl2NO4S2/c1-2-36(33,34)19-13-11-17(12-14-19)15-23(31)30-24-16-20(18-7-4-3-5-8-18)27(35-24)26(32)25-21(28)9-6-10-22(25)29/h3-14,16H,2,15H2,1H3,(H,30,31). The molecule has 0 saturated carbocycles. The van der Waals surface area contributed by atoms with Crippen molar-refractivity contribution < 1.29 is 18.0 Å². The number of benzene rings is 3. The van der Waals surface area contributed by atoms with Gasteiger partial charge < -0.3 is 5.32 Å². The molecule has 0 fully saturated rings. The number of amides is 1. The molecule has 0 spiro atoms. The molecule has 1 heterocycles. The van der Waals surface area contributed by atoms with E-state index < -0.39 is 9.84 Å². The second-order valence-electron chi connectivity index (χ2n) is 7.92. The van der Waals surface area contributed by atoms with Gasteiger partial charge >= 0.3 is 0 Å². The van der Waals surface area contributed by atoms with Crippen molar-refractivity contribution in [1.82, 2.24) is 0 Å². The average Bonchev–Trinajstić information content (AvgIpc) is 3.28. The van der Waals surface area contributed by atoms with Crippen molar-refractivity contribution in [3.05, 3.63) is 105 Å². The highest BCUT2D eigenvalue weighted by Crippen LogP contribution is 2.38. The van der Waals surface area contributed by atoms with Crippen molar-refractivity contribution in [2.75, 3.05) is 11.1 Å². The van der Waals surface area contributed by atoms with Gasteiger partial charge in [0.25, 0.3) is 0 Å². The van der Waals surface area contributed by atoms with Crippen LogP contribution in [0, 0.1) is 0 Å². The van der Waals surface area contributed by atoms with Gasteiger partial charge in [-0.15, -0.1) is 11.3 Å². The number of carbonyl (C=O) groups is 2. The fourth-order valence-electron chi connectivity index (χ4n) is 3.63. The Morgan fingerprint density at radius 3 is 2.14 bits per heavy atom. The number of ketones is 1. The van der Waals surface area contributed by atoms with Crippen molar-refractivity contribution >= 4 is 61.1 Å². The molecule has 5 nitrogen and oxygen atoms in total. The summed E-state index contributed by atoms with van der Waals surface area (Å²) in [7, 11) is -3.31. The zero-order chi connectivity index (χ0) is 25.9. The zero-order valence-electron chi connectivity index (χ0n) is 19.1. The highest BCUT2D eigenvalue weighted by Gasteiger charge is 2.24. The third kappa shape index (κ3) is 5.71. The molecule has 4 aromatic rings. The van der Waals surface area contributed by atoms with E-state index in [1.165, 1.54) is 12.1 Å². The Kier molecular flexibility index (Phi) is 7.95. The normalized spacial score (nSPS) is 11.3. The minimum atomic E-state index is -3.31. The molecular weight excluding hydrogens is 537 g/mol. The molecule has 4 rings (SSSR count). The van der Waals surface area contributed by atoms with Crippen LogP contribution in [0.2, 0.25) is 10.0 Å². The fraction of sp³-hybridized carbons (Fsp3) is 0.111. The van der Waals surface area contributed by atoms with Gasteiger partial charge in [-0.05, 0) is 41.5 Å². The Hall–Kier alpha value is -2.97. The molecule has 0 radical (unpaired) electrons. The number of halogens is 2. The first kappa shape index (κ1) is 26.1. The van der Waals surface area contributed by atoms with E-state index in [0.29, 0.717) is 21.0 Å². The van der Waals surface area contributed by atoms with Gasteiger partial charge in [-0.1, -0.05) is 78.7 Å². The second kappa shape index (κ2) is 11.0. The lowest BCUT2D eigenvalue weighted by molar-refractivity contribution is -0.115. The van der Waals surface area contributed by atoms with E-state index in [0.717, 1.165) is 16.9 Å². The predicted octanol–water partition coefficient (Wildman–Crippen LogP) is 6.93. The van der Waals surface area contributed by atoms with E-state index in [2.05, 4.69) is 5.32 Å². The second-order valence-corrected chi connectivity index (χ2v) is 12.1. The highest BCUT2D eigenvalue weighted by atomic mass is 35.5. The summed E-state index contributed by atoms with van der Waals surface area (Å²) in [5.41, 5.74) is 2.35. The van der Waals surface area contributed by atoms with Crippen LogP contribution in [0.5, 0.6) is 0 Å². The maximum absolute atomic E-state index is 13.5. The van der Waals surface area contributed by atoms with Crippen LogP contribution in [0.3, 0.4) is 0 Å². The van der Waals surface area contributed by atoms with Gasteiger partial charge in [0.2, 0.25) is 11.7 Å². The molecule has 0 saturated heterocycles. The van der Waals surface area contributed by atoms with Crippen LogP contribution in [0.1, 0.15) is 27.7 Å². The minimum absolute atomic E-state index is 0.00934. The van der Waals surface area contributed by atoms with Crippen molar-refractivity contribution in [2.24, 2.45) is 0 Å². The number of anilines is 1. The Morgan fingerprint density at radius 2 is 1.53 bits per heavy atom. The molecular formula is C27H21Cl2NO4S2. The van der Waals surface area contributed by atoms with E-state index in [1.807, 2.05) is 30.3 Å². The number of nitrogens with one attached hydrogen (secondary N) is 1. The highest BCUT2D eigenvalue weighted by molar-refractivity contribution is 7.91. The van der Waals surface area contributed by atoms with E-state index in [9.17, 15) is 18.0 Å². The van der Waals surface area contributed by atoms with Gasteiger partial charge in [0.05, 0.1) is 42.6 Å². The van der Waals surface area contributed by atoms with Crippen LogP contribution in [0.25, 0.3) is 11.1 Å². The van der Waals surface area contributed by atoms with Crippen molar-refractivity contribution in [3.8, 4) is 11.1 Å². The molecule has 0 aliphatic rings. The summed E-state index contributed by atoms with van der Waals surface area (Å²) >= 11 is 13.7. The maximum Gasteiger partial charge on any atom is 0.229 e. The quantitative estimate of drug-likeness (QED) is 0.238. The van der Waals surface area contributed by atoms with Crippen LogP contribution >= 0.6 is 34.5 Å². The number of rotatable bonds is 8. The molecule has 1 N–H and O–H groups in total. The maximum atomic E-state index is 13.5. The molecule has 9 heteroatoms. The summed E-state index contributed by atoms with van der Waals surface area (Å²) in [6.07, 6.45) is 0.0463. The monoisotopic (exact) mass is 557 g/mol. The molecule has 0 aliphatic heterocycles. The van der Waals surface area contributed by atoms with E-state index >= 15 is 0 Å². The van der Waals surface area contributed by atoms with E-state index in [1.54, 1.807) is 43.3 Å². The van der Waals surface area contributed by atoms with Gasteiger partial charge in [-0.2, -0.15) is 0 Å². The third-order valence-electron chi connectivity index (χ3n) is 5.50. The molecule has 3 aromatic carbocycles. The Labute approximate surface area is 223 Å². The van der Waals surface area contributed by atoms with Crippen LogP contribution in [-0.4, -0.2) is 25.9 Å². The van der Waals surface area contributed by atoms with E-state index in [4.69, 9.17) is 23.2 Å². The van der Waals surface area contributed by atoms with Crippen LogP contribution in [0.15, 0.2) is 83.8 Å². The van der Waals surface area contributed by atoms with E-state index in [-0.39, 0.29) is 44.4 Å².